The van der Waals surface area contributed by atoms with Crippen LogP contribution in [0, 0.1) is 5.92 Å². The first-order valence-corrected chi connectivity index (χ1v) is 6.57. The second kappa shape index (κ2) is 5.43. The van der Waals surface area contributed by atoms with Crippen LogP contribution in [0.2, 0.25) is 0 Å². The van der Waals surface area contributed by atoms with Crippen molar-refractivity contribution < 1.29 is 14.3 Å². The molecule has 0 aliphatic carbocycles. The predicted molar refractivity (Wildman–Crippen MR) is 73.7 cm³/mol. The van der Waals surface area contributed by atoms with E-state index in [2.05, 4.69) is 0 Å². The van der Waals surface area contributed by atoms with Gasteiger partial charge in [0.25, 0.3) is 0 Å². The van der Waals surface area contributed by atoms with Gasteiger partial charge in [-0.2, -0.15) is 0 Å². The van der Waals surface area contributed by atoms with E-state index < -0.39 is 0 Å². The lowest BCUT2D eigenvalue weighted by molar-refractivity contribution is -0.119. The first kappa shape index (κ1) is 13.6. The van der Waals surface area contributed by atoms with Crippen LogP contribution in [0.1, 0.15) is 37.6 Å². The van der Waals surface area contributed by atoms with Gasteiger partial charge in [-0.3, -0.25) is 9.59 Å². The first-order valence-electron chi connectivity index (χ1n) is 6.57. The van der Waals surface area contributed by atoms with E-state index in [0.717, 1.165) is 0 Å². The van der Waals surface area contributed by atoms with Crippen LogP contribution in [0.3, 0.4) is 0 Å². The lowest BCUT2D eigenvalue weighted by atomic mass is 10.1. The highest BCUT2D eigenvalue weighted by Gasteiger charge is 2.24. The van der Waals surface area contributed by atoms with E-state index in [1.54, 1.807) is 23.1 Å². The van der Waals surface area contributed by atoms with Gasteiger partial charge in [-0.1, -0.05) is 13.8 Å². The molecular formula is C15H19NO3. The average molecular weight is 261 g/mol. The molecule has 0 spiro atoms. The van der Waals surface area contributed by atoms with Crippen molar-refractivity contribution in [2.75, 3.05) is 18.1 Å². The number of carbonyl (C=O) groups is 2. The maximum atomic E-state index is 12.2. The molecule has 0 saturated heterocycles. The molecule has 4 heteroatoms. The van der Waals surface area contributed by atoms with Crippen LogP contribution >= 0.6 is 0 Å². The number of nitrogens with zero attached hydrogens (tertiary/aromatic N) is 1. The van der Waals surface area contributed by atoms with E-state index in [9.17, 15) is 9.59 Å². The van der Waals surface area contributed by atoms with E-state index >= 15 is 0 Å². The number of ketones is 1. The molecule has 1 heterocycles. The average Bonchev–Trinajstić information content (AvgIpc) is 2.36. The summed E-state index contributed by atoms with van der Waals surface area (Å²) in [6, 6.07) is 5.24. The minimum Gasteiger partial charge on any atom is -0.490 e. The Balaban J connectivity index is 2.34. The molecule has 0 aromatic heterocycles. The number of rotatable bonds is 3. The zero-order valence-corrected chi connectivity index (χ0v) is 11.6. The largest absolute Gasteiger partial charge is 0.490 e. The van der Waals surface area contributed by atoms with E-state index in [-0.39, 0.29) is 11.7 Å². The predicted octanol–water partition coefficient (Wildman–Crippen LogP) is 2.66. The van der Waals surface area contributed by atoms with Gasteiger partial charge < -0.3 is 9.64 Å². The molecule has 102 valence electrons. The Kier molecular flexibility index (Phi) is 3.88. The number of carbonyl (C=O) groups excluding carboxylic acids is 2. The fourth-order valence-corrected chi connectivity index (χ4v) is 2.16. The zero-order chi connectivity index (χ0) is 14.0. The monoisotopic (exact) mass is 261 g/mol. The summed E-state index contributed by atoms with van der Waals surface area (Å²) in [6.45, 7) is 6.60. The maximum absolute atomic E-state index is 12.2. The third kappa shape index (κ3) is 2.95. The molecule has 1 aromatic carbocycles. The number of anilines is 1. The summed E-state index contributed by atoms with van der Waals surface area (Å²) >= 11 is 0. The molecule has 2 rings (SSSR count). The molecule has 0 fully saturated rings. The summed E-state index contributed by atoms with van der Waals surface area (Å²) in [5, 5.41) is 0. The molecule has 0 atom stereocenters. The second-order valence-electron chi connectivity index (χ2n) is 5.23. The van der Waals surface area contributed by atoms with Crippen molar-refractivity contribution in [1.82, 2.24) is 0 Å². The summed E-state index contributed by atoms with van der Waals surface area (Å²) in [6.07, 6.45) is 0.504. The van der Waals surface area contributed by atoms with Crippen molar-refractivity contribution in [3.05, 3.63) is 23.8 Å². The Hall–Kier alpha value is -1.84. The molecule has 19 heavy (non-hydrogen) atoms. The SMILES string of the molecule is CC(=O)c1ccc2c(c1)N(C(=O)CC(C)C)CCO2. The van der Waals surface area contributed by atoms with Crippen molar-refractivity contribution in [3.63, 3.8) is 0 Å². The smallest absolute Gasteiger partial charge is 0.227 e. The molecule has 0 unspecified atom stereocenters. The van der Waals surface area contributed by atoms with Crippen LogP contribution in [0.15, 0.2) is 18.2 Å². The highest BCUT2D eigenvalue weighted by molar-refractivity contribution is 5.99. The lowest BCUT2D eigenvalue weighted by Gasteiger charge is -2.30. The number of amides is 1. The van der Waals surface area contributed by atoms with Gasteiger partial charge in [0, 0.05) is 12.0 Å². The third-order valence-corrected chi connectivity index (χ3v) is 3.11. The van der Waals surface area contributed by atoms with Crippen molar-refractivity contribution in [1.29, 1.82) is 0 Å². The van der Waals surface area contributed by atoms with Gasteiger partial charge in [0.05, 0.1) is 12.2 Å². The molecule has 1 aliphatic rings. The Morgan fingerprint density at radius 3 is 2.74 bits per heavy atom. The minimum atomic E-state index is -0.00960. The standard InChI is InChI=1S/C15H19NO3/c1-10(2)8-15(18)16-6-7-19-14-5-4-12(11(3)17)9-13(14)16/h4-5,9-10H,6-8H2,1-3H3. The molecule has 0 saturated carbocycles. The number of ether oxygens (including phenoxy) is 1. The molecule has 1 aromatic rings. The molecule has 4 nitrogen and oxygen atoms in total. The lowest BCUT2D eigenvalue weighted by Crippen LogP contribution is -2.38. The topological polar surface area (TPSA) is 46.6 Å². The highest BCUT2D eigenvalue weighted by atomic mass is 16.5. The maximum Gasteiger partial charge on any atom is 0.227 e. The van der Waals surface area contributed by atoms with E-state index in [0.29, 0.717) is 42.5 Å². The molecule has 0 bridgehead atoms. The van der Waals surface area contributed by atoms with Crippen molar-refractivity contribution >= 4 is 17.4 Å². The number of Topliss-reactive ketones (excluding diaryl/α,β-unsaturated/α-hetero) is 1. The van der Waals surface area contributed by atoms with Crippen LogP contribution in [-0.2, 0) is 4.79 Å². The first-order chi connectivity index (χ1) is 8.99. The minimum absolute atomic E-state index is 0.00960. The van der Waals surface area contributed by atoms with Gasteiger partial charge in [0.1, 0.15) is 12.4 Å². The van der Waals surface area contributed by atoms with Gasteiger partial charge in [-0.25, -0.2) is 0 Å². The Morgan fingerprint density at radius 1 is 1.37 bits per heavy atom. The molecule has 1 amide bonds. The number of fused-ring (bicyclic) bond motifs is 1. The van der Waals surface area contributed by atoms with Gasteiger partial charge in [-0.05, 0) is 31.0 Å². The number of benzene rings is 1. The second-order valence-corrected chi connectivity index (χ2v) is 5.23. The van der Waals surface area contributed by atoms with E-state index in [1.165, 1.54) is 6.92 Å². The summed E-state index contributed by atoms with van der Waals surface area (Å²) in [4.78, 5) is 25.4. The molecule has 0 radical (unpaired) electrons. The third-order valence-electron chi connectivity index (χ3n) is 3.11. The van der Waals surface area contributed by atoms with Crippen LogP contribution in [-0.4, -0.2) is 24.8 Å². The van der Waals surface area contributed by atoms with Gasteiger partial charge in [0.2, 0.25) is 5.91 Å². The van der Waals surface area contributed by atoms with E-state index in [4.69, 9.17) is 4.74 Å². The van der Waals surface area contributed by atoms with Crippen molar-refractivity contribution in [3.8, 4) is 5.75 Å². The summed E-state index contributed by atoms with van der Waals surface area (Å²) in [5.74, 6) is 1.06. The van der Waals surface area contributed by atoms with Crippen LogP contribution in [0.25, 0.3) is 0 Å². The number of hydrogen-bond acceptors (Lipinski definition) is 3. The van der Waals surface area contributed by atoms with Crippen LogP contribution < -0.4 is 9.64 Å². The van der Waals surface area contributed by atoms with E-state index in [1.807, 2.05) is 13.8 Å². The Labute approximate surface area is 113 Å². The van der Waals surface area contributed by atoms with Crippen molar-refractivity contribution in [2.45, 2.75) is 27.2 Å². The molecule has 0 N–H and O–H groups in total. The van der Waals surface area contributed by atoms with Gasteiger partial charge in [0.15, 0.2) is 5.78 Å². The quantitative estimate of drug-likeness (QED) is 0.786. The Bertz CT molecular complexity index is 508. The molecule has 1 aliphatic heterocycles. The normalized spacial score (nSPS) is 14.0. The van der Waals surface area contributed by atoms with Gasteiger partial charge >= 0.3 is 0 Å². The summed E-state index contributed by atoms with van der Waals surface area (Å²) in [7, 11) is 0. The summed E-state index contributed by atoms with van der Waals surface area (Å²) in [5.41, 5.74) is 1.32. The highest BCUT2D eigenvalue weighted by Crippen LogP contribution is 2.33. The Morgan fingerprint density at radius 2 is 2.11 bits per heavy atom. The number of hydrogen-bond donors (Lipinski definition) is 0. The molecular weight excluding hydrogens is 242 g/mol. The summed E-state index contributed by atoms with van der Waals surface area (Å²) < 4.78 is 5.54. The fourth-order valence-electron chi connectivity index (χ4n) is 2.16. The van der Waals surface area contributed by atoms with Crippen LogP contribution in [0.5, 0.6) is 5.75 Å². The zero-order valence-electron chi connectivity index (χ0n) is 11.6. The van der Waals surface area contributed by atoms with Crippen LogP contribution in [0.4, 0.5) is 5.69 Å². The van der Waals surface area contributed by atoms with Gasteiger partial charge in [-0.15, -0.1) is 0 Å². The van der Waals surface area contributed by atoms with Crippen molar-refractivity contribution in [2.24, 2.45) is 5.92 Å². The fraction of sp³-hybridized carbons (Fsp3) is 0.467.